The number of benzene rings is 1. The molecule has 5 heteroatoms. The molecule has 136 valence electrons. The summed E-state index contributed by atoms with van der Waals surface area (Å²) in [5.74, 6) is 0.922. The van der Waals surface area contributed by atoms with Crippen LogP contribution in [0.3, 0.4) is 0 Å². The van der Waals surface area contributed by atoms with Gasteiger partial charge in [-0.1, -0.05) is 37.3 Å². The smallest absolute Gasteiger partial charge is 0.219 e. The van der Waals surface area contributed by atoms with Gasteiger partial charge in [-0.15, -0.1) is 0 Å². The minimum Gasteiger partial charge on any atom is -0.481 e. The molecular weight excluding hydrogens is 338 g/mol. The topological polar surface area (TPSA) is 75.9 Å². The monoisotopic (exact) mass is 359 g/mol. The minimum absolute atomic E-state index is 0.0380. The molecule has 0 aliphatic heterocycles. The standard InChI is InChI=1S/C22H21N3O2/c1-13-18-10-9-17-20(24-14(2)25-21(17)27-3)22(18,11-15(12-23)19(13)26)16-7-5-4-6-8-16/h4-8,11,13,18H,9-10H2,1-3H3/t13-,18-,22+/m0/s1. The number of ether oxygens (including phenoxy) is 1. The molecule has 4 rings (SSSR count). The lowest BCUT2D eigenvalue weighted by atomic mass is 9.54. The fourth-order valence-corrected chi connectivity index (χ4v) is 4.79. The molecule has 1 aromatic heterocycles. The van der Waals surface area contributed by atoms with Crippen LogP contribution < -0.4 is 4.74 Å². The molecule has 5 nitrogen and oxygen atoms in total. The van der Waals surface area contributed by atoms with Crippen LogP contribution in [-0.4, -0.2) is 22.9 Å². The first-order valence-corrected chi connectivity index (χ1v) is 9.17. The van der Waals surface area contributed by atoms with Gasteiger partial charge in [-0.25, -0.2) is 4.98 Å². The fourth-order valence-electron chi connectivity index (χ4n) is 4.79. The van der Waals surface area contributed by atoms with Crippen LogP contribution in [0.1, 0.15) is 36.0 Å². The van der Waals surface area contributed by atoms with Gasteiger partial charge in [0.15, 0.2) is 5.78 Å². The highest BCUT2D eigenvalue weighted by Gasteiger charge is 2.53. The quantitative estimate of drug-likeness (QED) is 0.822. The zero-order valence-corrected chi connectivity index (χ0v) is 15.7. The third kappa shape index (κ3) is 2.40. The summed E-state index contributed by atoms with van der Waals surface area (Å²) in [4.78, 5) is 22.0. The summed E-state index contributed by atoms with van der Waals surface area (Å²) in [6, 6.07) is 12.2. The molecule has 1 heterocycles. The highest BCUT2D eigenvalue weighted by molar-refractivity contribution is 6.02. The SMILES string of the molecule is COc1nc(C)nc2c1CC[C@H]1[C@H](C)C(=O)C(C#N)=C[C@]21c1ccccc1. The second-order valence-electron chi connectivity index (χ2n) is 7.31. The number of ketones is 1. The van der Waals surface area contributed by atoms with Crippen molar-refractivity contribution in [3.8, 4) is 11.9 Å². The summed E-state index contributed by atoms with van der Waals surface area (Å²) >= 11 is 0. The van der Waals surface area contributed by atoms with Gasteiger partial charge in [0.1, 0.15) is 11.9 Å². The maximum atomic E-state index is 12.7. The predicted octanol–water partition coefficient (Wildman–Crippen LogP) is 3.31. The molecule has 0 N–H and O–H groups in total. The third-order valence-electron chi connectivity index (χ3n) is 5.98. The number of aryl methyl sites for hydroxylation is 1. The number of allylic oxidation sites excluding steroid dienone is 2. The van der Waals surface area contributed by atoms with Gasteiger partial charge in [-0.3, -0.25) is 4.79 Å². The Labute approximate surface area is 158 Å². The van der Waals surface area contributed by atoms with Gasteiger partial charge in [-0.05, 0) is 37.3 Å². The lowest BCUT2D eigenvalue weighted by Gasteiger charge is -2.48. The summed E-state index contributed by atoms with van der Waals surface area (Å²) in [6.45, 7) is 3.78. The largest absolute Gasteiger partial charge is 0.481 e. The van der Waals surface area contributed by atoms with Crippen molar-refractivity contribution in [1.82, 2.24) is 9.97 Å². The highest BCUT2D eigenvalue weighted by Crippen LogP contribution is 2.54. The third-order valence-corrected chi connectivity index (χ3v) is 5.98. The Kier molecular flexibility index (Phi) is 4.07. The van der Waals surface area contributed by atoms with Crippen LogP contribution in [-0.2, 0) is 16.6 Å². The minimum atomic E-state index is -0.631. The van der Waals surface area contributed by atoms with Gasteiger partial charge in [0, 0.05) is 11.5 Å². The normalized spacial score (nSPS) is 26.4. The molecule has 0 spiro atoms. The molecule has 2 aliphatic carbocycles. The van der Waals surface area contributed by atoms with Crippen LogP contribution in [0.5, 0.6) is 5.88 Å². The first kappa shape index (κ1) is 17.4. The lowest BCUT2D eigenvalue weighted by Crippen LogP contribution is -2.48. The summed E-state index contributed by atoms with van der Waals surface area (Å²) in [7, 11) is 1.62. The molecule has 0 radical (unpaired) electrons. The number of Topliss-reactive ketones (excluding diaryl/α,β-unsaturated/α-hetero) is 1. The van der Waals surface area contributed by atoms with E-state index < -0.39 is 5.41 Å². The number of fused-ring (bicyclic) bond motifs is 3. The van der Waals surface area contributed by atoms with E-state index in [0.717, 1.165) is 29.7 Å². The van der Waals surface area contributed by atoms with Crippen LogP contribution in [0.15, 0.2) is 42.0 Å². The lowest BCUT2D eigenvalue weighted by molar-refractivity contribution is -0.121. The van der Waals surface area contributed by atoms with E-state index in [1.54, 1.807) is 7.11 Å². The first-order chi connectivity index (χ1) is 13.0. The number of nitrogens with zero attached hydrogens (tertiary/aromatic N) is 3. The first-order valence-electron chi connectivity index (χ1n) is 9.17. The molecule has 2 aromatic rings. The van der Waals surface area contributed by atoms with Crippen LogP contribution in [0.2, 0.25) is 0 Å². The Bertz CT molecular complexity index is 991. The molecule has 0 saturated heterocycles. The maximum Gasteiger partial charge on any atom is 0.219 e. The van der Waals surface area contributed by atoms with E-state index >= 15 is 0 Å². The van der Waals surface area contributed by atoms with Crippen molar-refractivity contribution in [2.45, 2.75) is 32.1 Å². The Morgan fingerprint density at radius 3 is 2.67 bits per heavy atom. The van der Waals surface area contributed by atoms with Crippen molar-refractivity contribution in [2.24, 2.45) is 11.8 Å². The zero-order valence-electron chi connectivity index (χ0n) is 15.7. The van der Waals surface area contributed by atoms with Crippen molar-refractivity contribution in [3.63, 3.8) is 0 Å². The molecule has 27 heavy (non-hydrogen) atoms. The molecule has 0 saturated carbocycles. The number of hydrogen-bond donors (Lipinski definition) is 0. The van der Waals surface area contributed by atoms with Gasteiger partial charge < -0.3 is 4.74 Å². The van der Waals surface area contributed by atoms with Gasteiger partial charge >= 0.3 is 0 Å². The van der Waals surface area contributed by atoms with E-state index in [-0.39, 0.29) is 23.2 Å². The molecular formula is C22H21N3O2. The van der Waals surface area contributed by atoms with Gasteiger partial charge in [0.25, 0.3) is 0 Å². The molecule has 1 aromatic carbocycles. The van der Waals surface area contributed by atoms with Gasteiger partial charge in [0.2, 0.25) is 5.88 Å². The molecule has 0 amide bonds. The van der Waals surface area contributed by atoms with E-state index in [9.17, 15) is 10.1 Å². The number of rotatable bonds is 2. The predicted molar refractivity (Wildman–Crippen MR) is 100 cm³/mol. The number of carbonyl (C=O) groups excluding carboxylic acids is 1. The van der Waals surface area contributed by atoms with Crippen molar-refractivity contribution >= 4 is 5.78 Å². The second kappa shape index (κ2) is 6.31. The molecule has 3 atom stereocenters. The summed E-state index contributed by atoms with van der Waals surface area (Å²) < 4.78 is 5.55. The van der Waals surface area contributed by atoms with E-state index in [0.29, 0.717) is 11.7 Å². The van der Waals surface area contributed by atoms with E-state index in [4.69, 9.17) is 9.72 Å². The molecule has 0 fully saturated rings. The highest BCUT2D eigenvalue weighted by atomic mass is 16.5. The molecule has 0 bridgehead atoms. The van der Waals surface area contributed by atoms with Gasteiger partial charge in [-0.2, -0.15) is 10.2 Å². The van der Waals surface area contributed by atoms with Crippen molar-refractivity contribution in [3.05, 3.63) is 64.6 Å². The maximum absolute atomic E-state index is 12.7. The summed E-state index contributed by atoms with van der Waals surface area (Å²) in [5.41, 5.74) is 2.46. The fraction of sp³-hybridized carbons (Fsp3) is 0.364. The van der Waals surface area contributed by atoms with Crippen molar-refractivity contribution < 1.29 is 9.53 Å². The zero-order chi connectivity index (χ0) is 19.2. The Balaban J connectivity index is 2.13. The van der Waals surface area contributed by atoms with Crippen LogP contribution in [0, 0.1) is 30.1 Å². The average Bonchev–Trinajstić information content (AvgIpc) is 2.70. The van der Waals surface area contributed by atoms with E-state index in [2.05, 4.69) is 23.2 Å². The Hall–Kier alpha value is -3.00. The number of nitriles is 1. The summed E-state index contributed by atoms with van der Waals surface area (Å²) in [5, 5.41) is 9.64. The molecule has 2 aliphatic rings. The van der Waals surface area contributed by atoms with Crippen LogP contribution >= 0.6 is 0 Å². The Morgan fingerprint density at radius 1 is 1.26 bits per heavy atom. The van der Waals surface area contributed by atoms with E-state index in [1.165, 1.54) is 0 Å². The van der Waals surface area contributed by atoms with E-state index in [1.807, 2.05) is 38.1 Å². The van der Waals surface area contributed by atoms with Gasteiger partial charge in [0.05, 0.1) is 23.8 Å². The summed E-state index contributed by atoms with van der Waals surface area (Å²) in [6.07, 6.45) is 3.41. The van der Waals surface area contributed by atoms with Crippen molar-refractivity contribution in [2.75, 3.05) is 7.11 Å². The van der Waals surface area contributed by atoms with Crippen LogP contribution in [0.25, 0.3) is 0 Å². The number of carbonyl (C=O) groups is 1. The number of methoxy groups -OCH3 is 1. The van der Waals surface area contributed by atoms with Crippen LogP contribution in [0.4, 0.5) is 0 Å². The van der Waals surface area contributed by atoms with Crippen molar-refractivity contribution in [1.29, 1.82) is 5.26 Å². The Morgan fingerprint density at radius 2 is 2.00 bits per heavy atom. The molecule has 0 unspecified atom stereocenters. The average molecular weight is 359 g/mol. The second-order valence-corrected chi connectivity index (χ2v) is 7.31. The number of hydrogen-bond acceptors (Lipinski definition) is 5. The number of aromatic nitrogens is 2.